The summed E-state index contributed by atoms with van der Waals surface area (Å²) in [5.41, 5.74) is 3.55. The first-order valence-corrected chi connectivity index (χ1v) is 11.6. The van der Waals surface area contributed by atoms with E-state index in [1.54, 1.807) is 0 Å². The summed E-state index contributed by atoms with van der Waals surface area (Å²) in [6.07, 6.45) is 15.1. The van der Waals surface area contributed by atoms with Crippen molar-refractivity contribution in [1.29, 1.82) is 0 Å². The lowest BCUT2D eigenvalue weighted by Crippen LogP contribution is -2.25. The largest absolute Gasteiger partial charge is 0.396 e. The van der Waals surface area contributed by atoms with Gasteiger partial charge in [0.25, 0.3) is 0 Å². The van der Waals surface area contributed by atoms with Crippen molar-refractivity contribution in [2.75, 3.05) is 6.61 Å². The molecular formula is C27H43NO2. The molecule has 1 unspecified atom stereocenters. The molecule has 0 spiro atoms. The van der Waals surface area contributed by atoms with E-state index in [2.05, 4.69) is 37.9 Å². The molecule has 0 aliphatic rings. The van der Waals surface area contributed by atoms with Crippen LogP contribution in [0, 0.1) is 11.3 Å². The Morgan fingerprint density at radius 1 is 1.10 bits per heavy atom. The lowest BCUT2D eigenvalue weighted by Gasteiger charge is -2.23. The Hall–Kier alpha value is -1.74. The zero-order valence-electron chi connectivity index (χ0n) is 19.9. The second-order valence-electron chi connectivity index (χ2n) is 9.50. The van der Waals surface area contributed by atoms with Crippen molar-refractivity contribution in [2.45, 2.75) is 92.4 Å². The standard InChI is InChI=1S/C27H43NO2/c1-22(12-9-14-24(3)21-25-15-6-7-19-28-25)11-8-13-23(2)16-17-26(30)27(4,5)18-10-20-29/h6-7,12,15,19,21,23,29H,8-11,13-14,16-18,20H2,1-5H3. The molecule has 0 saturated heterocycles. The molecule has 1 aromatic heterocycles. The number of rotatable bonds is 15. The summed E-state index contributed by atoms with van der Waals surface area (Å²) in [6.45, 7) is 10.9. The maximum atomic E-state index is 12.4. The van der Waals surface area contributed by atoms with E-state index in [-0.39, 0.29) is 12.0 Å². The minimum absolute atomic E-state index is 0.167. The van der Waals surface area contributed by atoms with Gasteiger partial charge in [-0.05, 0) is 82.9 Å². The van der Waals surface area contributed by atoms with E-state index < -0.39 is 0 Å². The smallest absolute Gasteiger partial charge is 0.138 e. The molecule has 3 nitrogen and oxygen atoms in total. The highest BCUT2D eigenvalue weighted by molar-refractivity contribution is 5.83. The Bertz CT molecular complexity index is 673. The van der Waals surface area contributed by atoms with Gasteiger partial charge in [-0.1, -0.05) is 50.5 Å². The minimum atomic E-state index is -0.301. The zero-order valence-corrected chi connectivity index (χ0v) is 19.9. The highest BCUT2D eigenvalue weighted by Crippen LogP contribution is 2.27. The Balaban J connectivity index is 2.24. The molecule has 0 radical (unpaired) electrons. The van der Waals surface area contributed by atoms with E-state index in [9.17, 15) is 4.79 Å². The minimum Gasteiger partial charge on any atom is -0.396 e. The van der Waals surface area contributed by atoms with E-state index in [0.717, 1.165) is 37.8 Å². The number of carbonyl (C=O) groups is 1. The quantitative estimate of drug-likeness (QED) is 0.310. The number of aromatic nitrogens is 1. The number of nitrogens with zero attached hydrogens (tertiary/aromatic N) is 1. The summed E-state index contributed by atoms with van der Waals surface area (Å²) in [5.74, 6) is 0.923. The van der Waals surface area contributed by atoms with Gasteiger partial charge in [0.15, 0.2) is 0 Å². The molecule has 168 valence electrons. The first-order valence-electron chi connectivity index (χ1n) is 11.6. The first-order chi connectivity index (χ1) is 14.2. The molecule has 0 aliphatic heterocycles. The number of aliphatic hydroxyl groups is 1. The van der Waals surface area contributed by atoms with Gasteiger partial charge in [-0.3, -0.25) is 9.78 Å². The van der Waals surface area contributed by atoms with Crippen LogP contribution in [-0.4, -0.2) is 22.5 Å². The molecule has 0 saturated carbocycles. The van der Waals surface area contributed by atoms with Crippen molar-refractivity contribution in [1.82, 2.24) is 4.98 Å². The lowest BCUT2D eigenvalue weighted by molar-refractivity contribution is -0.127. The van der Waals surface area contributed by atoms with Crippen LogP contribution in [0.1, 0.15) is 98.1 Å². The van der Waals surface area contributed by atoms with Gasteiger partial charge in [0, 0.05) is 24.6 Å². The van der Waals surface area contributed by atoms with Crippen LogP contribution in [0.3, 0.4) is 0 Å². The van der Waals surface area contributed by atoms with E-state index in [1.165, 1.54) is 24.0 Å². The van der Waals surface area contributed by atoms with E-state index >= 15 is 0 Å². The summed E-state index contributed by atoms with van der Waals surface area (Å²) < 4.78 is 0. The molecule has 0 amide bonds. The molecular weight excluding hydrogens is 370 g/mol. The average molecular weight is 414 g/mol. The zero-order chi connectivity index (χ0) is 22.4. The Morgan fingerprint density at radius 3 is 2.53 bits per heavy atom. The molecule has 0 aliphatic carbocycles. The second-order valence-corrected chi connectivity index (χ2v) is 9.50. The van der Waals surface area contributed by atoms with E-state index in [1.807, 2.05) is 38.2 Å². The lowest BCUT2D eigenvalue weighted by atomic mass is 9.80. The summed E-state index contributed by atoms with van der Waals surface area (Å²) in [7, 11) is 0. The number of hydrogen-bond donors (Lipinski definition) is 1. The van der Waals surface area contributed by atoms with Gasteiger partial charge >= 0.3 is 0 Å². The molecule has 0 aromatic carbocycles. The molecule has 1 aromatic rings. The van der Waals surface area contributed by atoms with Crippen LogP contribution < -0.4 is 0 Å². The molecule has 1 heterocycles. The normalized spacial score (nSPS) is 14.1. The molecule has 3 heteroatoms. The third kappa shape index (κ3) is 11.4. The fourth-order valence-electron chi connectivity index (χ4n) is 3.68. The van der Waals surface area contributed by atoms with Crippen molar-refractivity contribution < 1.29 is 9.90 Å². The predicted octanol–water partition coefficient (Wildman–Crippen LogP) is 7.17. The number of ketones is 1. The van der Waals surface area contributed by atoms with E-state index in [0.29, 0.717) is 24.5 Å². The molecule has 1 rings (SSSR count). The summed E-state index contributed by atoms with van der Waals surface area (Å²) >= 11 is 0. The van der Waals surface area contributed by atoms with Gasteiger partial charge in [0.2, 0.25) is 0 Å². The Kier molecular flexibility index (Phi) is 12.5. The molecule has 1 atom stereocenters. The van der Waals surface area contributed by atoms with Gasteiger partial charge in [0.05, 0.1) is 5.69 Å². The number of carbonyl (C=O) groups excluding carboxylic acids is 1. The molecule has 1 N–H and O–H groups in total. The predicted molar refractivity (Wildman–Crippen MR) is 128 cm³/mol. The SMILES string of the molecule is CC(=Cc1ccccn1)CCC=C(C)CCCC(C)CCC(=O)C(C)(C)CCCO. The van der Waals surface area contributed by atoms with Crippen LogP contribution in [0.25, 0.3) is 6.08 Å². The Labute approximate surface area is 184 Å². The van der Waals surface area contributed by atoms with Crippen LogP contribution in [-0.2, 0) is 4.79 Å². The molecule has 0 bridgehead atoms. The van der Waals surface area contributed by atoms with Crippen LogP contribution in [0.15, 0.2) is 41.6 Å². The third-order valence-electron chi connectivity index (χ3n) is 5.96. The van der Waals surface area contributed by atoms with Gasteiger partial charge in [-0.15, -0.1) is 0 Å². The monoisotopic (exact) mass is 413 g/mol. The van der Waals surface area contributed by atoms with Crippen LogP contribution >= 0.6 is 0 Å². The van der Waals surface area contributed by atoms with Gasteiger partial charge < -0.3 is 5.11 Å². The van der Waals surface area contributed by atoms with Crippen molar-refractivity contribution in [3.05, 3.63) is 47.3 Å². The summed E-state index contributed by atoms with van der Waals surface area (Å²) in [4.78, 5) is 16.8. The maximum absolute atomic E-state index is 12.4. The van der Waals surface area contributed by atoms with Crippen LogP contribution in [0.5, 0.6) is 0 Å². The van der Waals surface area contributed by atoms with Crippen molar-refractivity contribution >= 4 is 11.9 Å². The highest BCUT2D eigenvalue weighted by Gasteiger charge is 2.26. The van der Waals surface area contributed by atoms with Crippen molar-refractivity contribution in [3.63, 3.8) is 0 Å². The molecule has 0 fully saturated rings. The first kappa shape index (κ1) is 26.3. The molecule has 30 heavy (non-hydrogen) atoms. The Morgan fingerprint density at radius 2 is 1.87 bits per heavy atom. The topological polar surface area (TPSA) is 50.2 Å². The van der Waals surface area contributed by atoms with Crippen LogP contribution in [0.2, 0.25) is 0 Å². The van der Waals surface area contributed by atoms with Crippen molar-refractivity contribution in [2.24, 2.45) is 11.3 Å². The van der Waals surface area contributed by atoms with E-state index in [4.69, 9.17) is 5.11 Å². The maximum Gasteiger partial charge on any atom is 0.138 e. The number of hydrogen-bond acceptors (Lipinski definition) is 3. The fraction of sp³-hybridized carbons (Fsp3) is 0.630. The number of aliphatic hydroxyl groups excluding tert-OH is 1. The third-order valence-corrected chi connectivity index (χ3v) is 5.96. The summed E-state index contributed by atoms with van der Waals surface area (Å²) in [5, 5.41) is 8.99. The number of allylic oxidation sites excluding steroid dienone is 3. The highest BCUT2D eigenvalue weighted by atomic mass is 16.3. The van der Waals surface area contributed by atoms with Crippen molar-refractivity contribution in [3.8, 4) is 0 Å². The second kappa shape index (κ2) is 14.3. The average Bonchev–Trinajstić information content (AvgIpc) is 2.71. The van der Waals surface area contributed by atoms with Gasteiger partial charge in [-0.25, -0.2) is 0 Å². The van der Waals surface area contributed by atoms with Gasteiger partial charge in [0.1, 0.15) is 5.78 Å². The summed E-state index contributed by atoms with van der Waals surface area (Å²) in [6, 6.07) is 6.00. The van der Waals surface area contributed by atoms with Crippen LogP contribution in [0.4, 0.5) is 0 Å². The van der Waals surface area contributed by atoms with Gasteiger partial charge in [-0.2, -0.15) is 0 Å². The number of pyridine rings is 1. The fourth-order valence-corrected chi connectivity index (χ4v) is 3.68. The number of Topliss-reactive ketones (excluding diaryl/α,β-unsaturated/α-hetero) is 1.